The van der Waals surface area contributed by atoms with E-state index in [-0.39, 0.29) is 17.8 Å². The highest BCUT2D eigenvalue weighted by Gasteiger charge is 2.20. The molecule has 20 heavy (non-hydrogen) atoms. The molecule has 0 atom stereocenters. The molecule has 4 nitrogen and oxygen atoms in total. The Bertz CT molecular complexity index is 570. The van der Waals surface area contributed by atoms with Crippen LogP contribution in [0.1, 0.15) is 36.2 Å². The van der Waals surface area contributed by atoms with E-state index in [1.807, 2.05) is 30.3 Å². The van der Waals surface area contributed by atoms with Crippen LogP contribution in [-0.2, 0) is 4.84 Å². The molecule has 1 amide bonds. The topological polar surface area (TPSA) is 51.5 Å². The van der Waals surface area contributed by atoms with Crippen molar-refractivity contribution in [1.82, 2.24) is 5.48 Å². The summed E-state index contributed by atoms with van der Waals surface area (Å²) in [6.45, 7) is 0. The third kappa shape index (κ3) is 2.75. The first-order chi connectivity index (χ1) is 9.84. The van der Waals surface area contributed by atoms with E-state index in [1.165, 1.54) is 6.26 Å². The maximum Gasteiger partial charge on any atom is 0.311 e. The molecule has 0 unspecified atom stereocenters. The van der Waals surface area contributed by atoms with Crippen molar-refractivity contribution in [3.63, 3.8) is 0 Å². The Labute approximate surface area is 117 Å². The van der Waals surface area contributed by atoms with Gasteiger partial charge in [0.15, 0.2) is 0 Å². The zero-order valence-electron chi connectivity index (χ0n) is 11.2. The van der Waals surface area contributed by atoms with Crippen LogP contribution in [0.3, 0.4) is 0 Å². The predicted molar refractivity (Wildman–Crippen MR) is 75.0 cm³/mol. The summed E-state index contributed by atoms with van der Waals surface area (Å²) in [4.78, 5) is 17.5. The van der Waals surface area contributed by atoms with Crippen molar-refractivity contribution in [3.05, 3.63) is 48.4 Å². The van der Waals surface area contributed by atoms with Gasteiger partial charge in [0.05, 0.1) is 12.4 Å². The number of carbonyl (C=O) groups excluding carboxylic acids is 1. The molecule has 0 spiro atoms. The number of nitrogens with one attached hydrogen (secondary N) is 1. The standard InChI is InChI=1S/C16H17NO3/c18-16(17-20-13-8-4-5-9-13)15-14(10-11-19-15)12-6-2-1-3-7-12/h1-3,6-7,10-11,13H,4-5,8-9H2,(H,17,18). The second-order valence-electron chi connectivity index (χ2n) is 4.98. The first kappa shape index (κ1) is 12.9. The molecule has 0 aliphatic heterocycles. The molecule has 2 aromatic rings. The first-order valence-electron chi connectivity index (χ1n) is 6.93. The smallest absolute Gasteiger partial charge is 0.311 e. The van der Waals surface area contributed by atoms with E-state index >= 15 is 0 Å². The van der Waals surface area contributed by atoms with E-state index in [0.29, 0.717) is 0 Å². The number of amides is 1. The molecule has 1 aliphatic carbocycles. The number of carbonyl (C=O) groups is 1. The van der Waals surface area contributed by atoms with Crippen molar-refractivity contribution in [2.24, 2.45) is 0 Å². The van der Waals surface area contributed by atoms with E-state index in [2.05, 4.69) is 5.48 Å². The van der Waals surface area contributed by atoms with Gasteiger partial charge in [0.2, 0.25) is 5.76 Å². The Morgan fingerprint density at radius 3 is 2.65 bits per heavy atom. The Hall–Kier alpha value is -2.07. The maximum atomic E-state index is 12.1. The molecule has 104 valence electrons. The second-order valence-corrected chi connectivity index (χ2v) is 4.98. The predicted octanol–water partition coefficient (Wildman–Crippen LogP) is 3.55. The van der Waals surface area contributed by atoms with Gasteiger partial charge >= 0.3 is 5.91 Å². The van der Waals surface area contributed by atoms with Gasteiger partial charge < -0.3 is 4.42 Å². The largest absolute Gasteiger partial charge is 0.458 e. The molecule has 1 heterocycles. The highest BCUT2D eigenvalue weighted by atomic mass is 16.7. The molecule has 1 fully saturated rings. The summed E-state index contributed by atoms with van der Waals surface area (Å²) in [6.07, 6.45) is 5.99. The van der Waals surface area contributed by atoms with Gasteiger partial charge in [0.25, 0.3) is 0 Å². The van der Waals surface area contributed by atoms with Gasteiger partial charge in [0.1, 0.15) is 0 Å². The van der Waals surface area contributed by atoms with Gasteiger partial charge in [-0.15, -0.1) is 0 Å². The molecule has 4 heteroatoms. The average Bonchev–Trinajstić information content (AvgIpc) is 3.17. The lowest BCUT2D eigenvalue weighted by atomic mass is 10.1. The molecule has 3 rings (SSSR count). The van der Waals surface area contributed by atoms with Gasteiger partial charge in [-0.05, 0) is 24.5 Å². The number of benzene rings is 1. The zero-order chi connectivity index (χ0) is 13.8. The van der Waals surface area contributed by atoms with E-state index in [9.17, 15) is 4.79 Å². The van der Waals surface area contributed by atoms with E-state index in [4.69, 9.17) is 9.25 Å². The van der Waals surface area contributed by atoms with Crippen LogP contribution in [0, 0.1) is 0 Å². The van der Waals surface area contributed by atoms with Crippen molar-refractivity contribution < 1.29 is 14.0 Å². The molecule has 1 aliphatic rings. The summed E-state index contributed by atoms with van der Waals surface area (Å²) in [7, 11) is 0. The molecule has 0 bridgehead atoms. The van der Waals surface area contributed by atoms with Crippen LogP contribution in [0.4, 0.5) is 0 Å². The van der Waals surface area contributed by atoms with Gasteiger partial charge in [0, 0.05) is 5.56 Å². The second kappa shape index (κ2) is 5.92. The molecular weight excluding hydrogens is 254 g/mol. The van der Waals surface area contributed by atoms with Crippen molar-refractivity contribution >= 4 is 5.91 Å². The van der Waals surface area contributed by atoms with Crippen molar-refractivity contribution in [2.75, 3.05) is 0 Å². The minimum absolute atomic E-state index is 0.133. The fourth-order valence-corrected chi connectivity index (χ4v) is 2.52. The summed E-state index contributed by atoms with van der Waals surface area (Å²) in [6, 6.07) is 11.5. The SMILES string of the molecule is O=C(NOC1CCCC1)c1occc1-c1ccccc1. The van der Waals surface area contributed by atoms with Crippen LogP contribution >= 0.6 is 0 Å². The van der Waals surface area contributed by atoms with Crippen LogP contribution < -0.4 is 5.48 Å². The van der Waals surface area contributed by atoms with Crippen LogP contribution in [0.2, 0.25) is 0 Å². The lowest BCUT2D eigenvalue weighted by Gasteiger charge is -2.11. The molecule has 1 saturated carbocycles. The first-order valence-corrected chi connectivity index (χ1v) is 6.93. The Morgan fingerprint density at radius 2 is 1.90 bits per heavy atom. The molecule has 1 N–H and O–H groups in total. The summed E-state index contributed by atoms with van der Waals surface area (Å²) < 4.78 is 5.30. The van der Waals surface area contributed by atoms with Gasteiger partial charge in [-0.2, -0.15) is 0 Å². The Balaban J connectivity index is 1.70. The third-order valence-corrected chi connectivity index (χ3v) is 3.58. The molecular formula is C16H17NO3. The van der Waals surface area contributed by atoms with E-state index < -0.39 is 0 Å². The van der Waals surface area contributed by atoms with Crippen LogP contribution in [-0.4, -0.2) is 12.0 Å². The third-order valence-electron chi connectivity index (χ3n) is 3.58. The number of hydrogen-bond acceptors (Lipinski definition) is 3. The quantitative estimate of drug-likeness (QED) is 0.865. The lowest BCUT2D eigenvalue weighted by Crippen LogP contribution is -2.28. The minimum Gasteiger partial charge on any atom is -0.458 e. The number of rotatable bonds is 4. The zero-order valence-corrected chi connectivity index (χ0v) is 11.2. The fraction of sp³-hybridized carbons (Fsp3) is 0.312. The average molecular weight is 271 g/mol. The van der Waals surface area contributed by atoms with Crippen molar-refractivity contribution in [2.45, 2.75) is 31.8 Å². The number of furan rings is 1. The highest BCUT2D eigenvalue weighted by molar-refractivity contribution is 5.97. The maximum absolute atomic E-state index is 12.1. The van der Waals surface area contributed by atoms with Crippen molar-refractivity contribution in [3.8, 4) is 11.1 Å². The monoisotopic (exact) mass is 271 g/mol. The minimum atomic E-state index is -0.333. The van der Waals surface area contributed by atoms with Crippen LogP contribution in [0.25, 0.3) is 11.1 Å². The molecule has 1 aromatic heterocycles. The molecule has 0 radical (unpaired) electrons. The summed E-state index contributed by atoms with van der Waals surface area (Å²) in [5.41, 5.74) is 4.23. The Morgan fingerprint density at radius 1 is 1.15 bits per heavy atom. The molecule has 0 saturated heterocycles. The Kier molecular flexibility index (Phi) is 3.83. The van der Waals surface area contributed by atoms with Crippen LogP contribution in [0.5, 0.6) is 0 Å². The number of hydroxylamine groups is 1. The summed E-state index contributed by atoms with van der Waals surface area (Å²) in [5, 5.41) is 0. The highest BCUT2D eigenvalue weighted by Crippen LogP contribution is 2.25. The number of hydrogen-bond donors (Lipinski definition) is 1. The van der Waals surface area contributed by atoms with Crippen molar-refractivity contribution in [1.29, 1.82) is 0 Å². The van der Waals surface area contributed by atoms with E-state index in [1.54, 1.807) is 6.07 Å². The van der Waals surface area contributed by atoms with Gasteiger partial charge in [-0.3, -0.25) is 9.63 Å². The molecule has 1 aromatic carbocycles. The summed E-state index contributed by atoms with van der Waals surface area (Å²) in [5.74, 6) is -0.0463. The fourth-order valence-electron chi connectivity index (χ4n) is 2.52. The normalized spacial score (nSPS) is 15.4. The van der Waals surface area contributed by atoms with Gasteiger partial charge in [-0.25, -0.2) is 5.48 Å². The van der Waals surface area contributed by atoms with Crippen LogP contribution in [0.15, 0.2) is 47.1 Å². The van der Waals surface area contributed by atoms with Gasteiger partial charge in [-0.1, -0.05) is 43.2 Å². The summed E-state index contributed by atoms with van der Waals surface area (Å²) >= 11 is 0. The lowest BCUT2D eigenvalue weighted by molar-refractivity contribution is -0.0138. The van der Waals surface area contributed by atoms with E-state index in [0.717, 1.165) is 36.8 Å².